The van der Waals surface area contributed by atoms with Crippen LogP contribution in [0.1, 0.15) is 31.2 Å². The SMILES string of the molecule is COc1ccc(CCN(C)C2CC3CCC(C2)N3)cc1.Cl. The topological polar surface area (TPSA) is 24.5 Å². The number of halogens is 1. The van der Waals surface area contributed by atoms with Gasteiger partial charge in [0.1, 0.15) is 5.75 Å². The van der Waals surface area contributed by atoms with Gasteiger partial charge < -0.3 is 15.0 Å². The van der Waals surface area contributed by atoms with Gasteiger partial charge in [0.05, 0.1) is 7.11 Å². The molecule has 0 aromatic heterocycles. The summed E-state index contributed by atoms with van der Waals surface area (Å²) in [5.41, 5.74) is 1.40. The highest BCUT2D eigenvalue weighted by molar-refractivity contribution is 5.85. The molecular formula is C17H27ClN2O. The normalized spacial score (nSPS) is 27.5. The molecule has 0 aliphatic carbocycles. The van der Waals surface area contributed by atoms with Crippen molar-refractivity contribution in [2.75, 3.05) is 20.7 Å². The molecule has 4 heteroatoms. The van der Waals surface area contributed by atoms with Crippen LogP contribution >= 0.6 is 12.4 Å². The average Bonchev–Trinajstić information content (AvgIpc) is 2.83. The predicted molar refractivity (Wildman–Crippen MR) is 89.5 cm³/mol. The first-order chi connectivity index (χ1) is 9.74. The minimum atomic E-state index is 0. The molecular weight excluding hydrogens is 284 g/mol. The highest BCUT2D eigenvalue weighted by Gasteiger charge is 2.34. The molecule has 0 amide bonds. The Bertz CT molecular complexity index is 425. The third-order valence-corrected chi connectivity index (χ3v) is 4.98. The molecule has 0 radical (unpaired) electrons. The van der Waals surface area contributed by atoms with Crippen molar-refractivity contribution >= 4 is 12.4 Å². The van der Waals surface area contributed by atoms with Crippen molar-refractivity contribution in [3.63, 3.8) is 0 Å². The third kappa shape index (κ3) is 4.12. The zero-order chi connectivity index (χ0) is 13.9. The molecule has 118 valence electrons. The Balaban J connectivity index is 0.00000161. The van der Waals surface area contributed by atoms with Crippen molar-refractivity contribution in [3.05, 3.63) is 29.8 Å². The van der Waals surface area contributed by atoms with E-state index in [9.17, 15) is 0 Å². The van der Waals surface area contributed by atoms with E-state index in [1.165, 1.54) is 31.2 Å². The van der Waals surface area contributed by atoms with E-state index < -0.39 is 0 Å². The number of methoxy groups -OCH3 is 1. The highest BCUT2D eigenvalue weighted by atomic mass is 35.5. The highest BCUT2D eigenvalue weighted by Crippen LogP contribution is 2.29. The number of piperidine rings is 1. The second-order valence-electron chi connectivity index (χ2n) is 6.34. The first-order valence-electron chi connectivity index (χ1n) is 7.84. The molecule has 21 heavy (non-hydrogen) atoms. The van der Waals surface area contributed by atoms with Crippen LogP contribution in [0.5, 0.6) is 5.75 Å². The largest absolute Gasteiger partial charge is 0.497 e. The first kappa shape index (κ1) is 16.6. The summed E-state index contributed by atoms with van der Waals surface area (Å²) in [5.74, 6) is 0.942. The fourth-order valence-electron chi connectivity index (χ4n) is 3.67. The van der Waals surface area contributed by atoms with Crippen molar-refractivity contribution in [1.29, 1.82) is 0 Å². The number of likely N-dealkylation sites (N-methyl/N-ethyl adjacent to an activating group) is 1. The number of rotatable bonds is 5. The predicted octanol–water partition coefficient (Wildman–Crippen LogP) is 2.87. The fourth-order valence-corrected chi connectivity index (χ4v) is 3.67. The van der Waals surface area contributed by atoms with E-state index in [0.717, 1.165) is 36.8 Å². The fraction of sp³-hybridized carbons (Fsp3) is 0.647. The second-order valence-corrected chi connectivity index (χ2v) is 6.34. The summed E-state index contributed by atoms with van der Waals surface area (Å²) in [6.07, 6.45) is 6.55. The van der Waals surface area contributed by atoms with E-state index in [1.807, 2.05) is 0 Å². The van der Waals surface area contributed by atoms with Crippen LogP contribution in [0.2, 0.25) is 0 Å². The maximum Gasteiger partial charge on any atom is 0.118 e. The van der Waals surface area contributed by atoms with Crippen LogP contribution < -0.4 is 10.1 Å². The van der Waals surface area contributed by atoms with Crippen LogP contribution in [-0.4, -0.2) is 43.7 Å². The van der Waals surface area contributed by atoms with E-state index in [-0.39, 0.29) is 12.4 Å². The van der Waals surface area contributed by atoms with Gasteiger partial charge in [-0.05, 0) is 56.8 Å². The number of hydrogen-bond acceptors (Lipinski definition) is 3. The number of nitrogens with zero attached hydrogens (tertiary/aromatic N) is 1. The van der Waals surface area contributed by atoms with Gasteiger partial charge in [0.15, 0.2) is 0 Å². The van der Waals surface area contributed by atoms with Crippen LogP contribution in [0.15, 0.2) is 24.3 Å². The van der Waals surface area contributed by atoms with Gasteiger partial charge in [-0.3, -0.25) is 0 Å². The molecule has 3 rings (SSSR count). The number of fused-ring (bicyclic) bond motifs is 2. The molecule has 2 heterocycles. The summed E-state index contributed by atoms with van der Waals surface area (Å²) < 4.78 is 5.20. The number of ether oxygens (including phenoxy) is 1. The van der Waals surface area contributed by atoms with Crippen LogP contribution in [0.3, 0.4) is 0 Å². The molecule has 2 bridgehead atoms. The van der Waals surface area contributed by atoms with Gasteiger partial charge in [0, 0.05) is 24.7 Å². The van der Waals surface area contributed by atoms with E-state index in [4.69, 9.17) is 4.74 Å². The van der Waals surface area contributed by atoms with Crippen LogP contribution in [0, 0.1) is 0 Å². The van der Waals surface area contributed by atoms with Gasteiger partial charge in [0.25, 0.3) is 0 Å². The number of hydrogen-bond donors (Lipinski definition) is 1. The van der Waals surface area contributed by atoms with Gasteiger partial charge in [0.2, 0.25) is 0 Å². The van der Waals surface area contributed by atoms with Crippen LogP contribution in [0.4, 0.5) is 0 Å². The zero-order valence-corrected chi connectivity index (χ0v) is 13.9. The number of benzene rings is 1. The Morgan fingerprint density at radius 2 is 1.76 bits per heavy atom. The molecule has 1 aromatic carbocycles. The second kappa shape index (κ2) is 7.48. The Morgan fingerprint density at radius 1 is 1.14 bits per heavy atom. The van der Waals surface area contributed by atoms with Gasteiger partial charge in [-0.15, -0.1) is 12.4 Å². The van der Waals surface area contributed by atoms with E-state index >= 15 is 0 Å². The summed E-state index contributed by atoms with van der Waals surface area (Å²) in [6.45, 7) is 1.15. The molecule has 1 N–H and O–H groups in total. The van der Waals surface area contributed by atoms with Crippen LogP contribution in [-0.2, 0) is 6.42 Å². The molecule has 1 aromatic rings. The molecule has 3 nitrogen and oxygen atoms in total. The van der Waals surface area contributed by atoms with E-state index in [0.29, 0.717) is 0 Å². The van der Waals surface area contributed by atoms with E-state index in [1.54, 1.807) is 7.11 Å². The quantitative estimate of drug-likeness (QED) is 0.905. The maximum absolute atomic E-state index is 5.20. The lowest BCUT2D eigenvalue weighted by atomic mass is 9.98. The lowest BCUT2D eigenvalue weighted by molar-refractivity contribution is 0.174. The maximum atomic E-state index is 5.20. The Morgan fingerprint density at radius 3 is 2.33 bits per heavy atom. The molecule has 2 saturated heterocycles. The zero-order valence-electron chi connectivity index (χ0n) is 13.0. The van der Waals surface area contributed by atoms with Gasteiger partial charge in [-0.1, -0.05) is 12.1 Å². The smallest absolute Gasteiger partial charge is 0.118 e. The van der Waals surface area contributed by atoms with Crippen LogP contribution in [0.25, 0.3) is 0 Å². The Hall–Kier alpha value is -0.770. The van der Waals surface area contributed by atoms with Gasteiger partial charge >= 0.3 is 0 Å². The molecule has 2 aliphatic rings. The molecule has 0 saturated carbocycles. The summed E-state index contributed by atoms with van der Waals surface area (Å²) in [4.78, 5) is 2.57. The lowest BCUT2D eigenvalue weighted by Gasteiger charge is -2.35. The summed E-state index contributed by atoms with van der Waals surface area (Å²) in [5, 5.41) is 3.72. The van der Waals surface area contributed by atoms with Crippen molar-refractivity contribution in [1.82, 2.24) is 10.2 Å². The minimum absolute atomic E-state index is 0. The average molecular weight is 311 g/mol. The van der Waals surface area contributed by atoms with E-state index in [2.05, 4.69) is 41.5 Å². The molecule has 2 unspecified atom stereocenters. The van der Waals surface area contributed by atoms with Crippen molar-refractivity contribution in [2.45, 2.75) is 50.2 Å². The minimum Gasteiger partial charge on any atom is -0.497 e. The van der Waals surface area contributed by atoms with Gasteiger partial charge in [-0.25, -0.2) is 0 Å². The lowest BCUT2D eigenvalue weighted by Crippen LogP contribution is -2.47. The van der Waals surface area contributed by atoms with Crippen molar-refractivity contribution in [3.8, 4) is 5.75 Å². The summed E-state index contributed by atoms with van der Waals surface area (Å²) in [7, 11) is 4.01. The van der Waals surface area contributed by atoms with Crippen molar-refractivity contribution < 1.29 is 4.74 Å². The Labute approximate surface area is 134 Å². The van der Waals surface area contributed by atoms with Crippen molar-refractivity contribution in [2.24, 2.45) is 0 Å². The molecule has 0 spiro atoms. The summed E-state index contributed by atoms with van der Waals surface area (Å²) in [6, 6.07) is 10.8. The molecule has 2 fully saturated rings. The Kier molecular flexibility index (Phi) is 5.91. The third-order valence-electron chi connectivity index (χ3n) is 4.98. The monoisotopic (exact) mass is 310 g/mol. The van der Waals surface area contributed by atoms with Gasteiger partial charge in [-0.2, -0.15) is 0 Å². The summed E-state index contributed by atoms with van der Waals surface area (Å²) >= 11 is 0. The standard InChI is InChI=1S/C17H26N2O.ClH/c1-19(16-11-14-5-6-15(12-16)18-14)10-9-13-3-7-17(20-2)8-4-13;/h3-4,7-8,14-16,18H,5-6,9-12H2,1-2H3;1H. The molecule has 2 atom stereocenters. The first-order valence-corrected chi connectivity index (χ1v) is 7.84. The number of nitrogens with one attached hydrogen (secondary N) is 1. The molecule has 2 aliphatic heterocycles.